The number of hydrogen-bond donors (Lipinski definition) is 0. The third-order valence-corrected chi connectivity index (χ3v) is 5.89. The maximum Gasteiger partial charge on any atom is 0.182 e. The van der Waals surface area contributed by atoms with Gasteiger partial charge in [-0.25, -0.2) is 4.68 Å². The average molecular weight is 404 g/mol. The van der Waals surface area contributed by atoms with Crippen LogP contribution in [-0.4, -0.2) is 44.5 Å². The van der Waals surface area contributed by atoms with Gasteiger partial charge >= 0.3 is 0 Å². The first-order valence-electron chi connectivity index (χ1n) is 10.1. The van der Waals surface area contributed by atoms with Gasteiger partial charge in [0.15, 0.2) is 5.65 Å². The van der Waals surface area contributed by atoms with E-state index in [1.165, 1.54) is 12.8 Å². The Morgan fingerprint density at radius 1 is 0.759 bits per heavy atom. The molecule has 5 nitrogen and oxygen atoms in total. The fourth-order valence-electron chi connectivity index (χ4n) is 3.99. The molecule has 1 saturated heterocycles. The van der Waals surface area contributed by atoms with Crippen LogP contribution in [0.3, 0.4) is 0 Å². The van der Waals surface area contributed by atoms with E-state index in [9.17, 15) is 0 Å². The summed E-state index contributed by atoms with van der Waals surface area (Å²) in [7, 11) is 0. The van der Waals surface area contributed by atoms with Crippen LogP contribution in [-0.2, 0) is 6.54 Å². The topological polar surface area (TPSA) is 46.8 Å². The van der Waals surface area contributed by atoms with Gasteiger partial charge in [0.2, 0.25) is 0 Å². The van der Waals surface area contributed by atoms with E-state index in [0.717, 1.165) is 54.0 Å². The van der Waals surface area contributed by atoms with Gasteiger partial charge in [-0.3, -0.25) is 0 Å². The second-order valence-corrected chi connectivity index (χ2v) is 7.79. The summed E-state index contributed by atoms with van der Waals surface area (Å²) in [6.45, 7) is 4.06. The largest absolute Gasteiger partial charge is 0.301 e. The molecule has 0 atom stereocenters. The Hall–Kier alpha value is -2.76. The number of halogens is 1. The van der Waals surface area contributed by atoms with E-state index >= 15 is 0 Å². The average Bonchev–Trinajstić information content (AvgIpc) is 3.42. The lowest BCUT2D eigenvalue weighted by molar-refractivity contribution is 0.318. The predicted molar refractivity (Wildman–Crippen MR) is 117 cm³/mol. The van der Waals surface area contributed by atoms with Gasteiger partial charge in [0.1, 0.15) is 11.4 Å². The standard InChI is InChI=1S/C23H22ClN5/c24-20-19-21(17-9-3-1-4-10-17)27-29(16-15-28-13-7-8-14-28)23(19)26-25-22(20)18-11-5-2-6-12-18/h1-6,9-12H,7-8,13-16H2. The molecule has 4 aromatic rings. The molecule has 0 N–H and O–H groups in total. The van der Waals surface area contributed by atoms with E-state index in [0.29, 0.717) is 10.7 Å². The van der Waals surface area contributed by atoms with Crippen LogP contribution < -0.4 is 0 Å². The van der Waals surface area contributed by atoms with Crippen molar-refractivity contribution in [1.82, 2.24) is 24.9 Å². The second-order valence-electron chi connectivity index (χ2n) is 7.41. The molecule has 0 unspecified atom stereocenters. The summed E-state index contributed by atoms with van der Waals surface area (Å²) in [4.78, 5) is 2.48. The maximum absolute atomic E-state index is 6.91. The van der Waals surface area contributed by atoms with Crippen LogP contribution in [0.1, 0.15) is 12.8 Å². The fourth-order valence-corrected chi connectivity index (χ4v) is 4.31. The Morgan fingerprint density at radius 3 is 2.03 bits per heavy atom. The number of fused-ring (bicyclic) bond motifs is 1. The Bertz CT molecular complexity index is 1120. The smallest absolute Gasteiger partial charge is 0.182 e. The minimum absolute atomic E-state index is 0.604. The molecule has 1 aliphatic rings. The highest BCUT2D eigenvalue weighted by atomic mass is 35.5. The van der Waals surface area contributed by atoms with Crippen molar-refractivity contribution in [3.8, 4) is 22.5 Å². The van der Waals surface area contributed by atoms with Crippen LogP contribution in [0.2, 0.25) is 5.02 Å². The third-order valence-electron chi connectivity index (χ3n) is 5.52. The van der Waals surface area contributed by atoms with Gasteiger partial charge in [-0.1, -0.05) is 72.3 Å². The minimum atomic E-state index is 0.604. The van der Waals surface area contributed by atoms with Crippen molar-refractivity contribution in [2.45, 2.75) is 19.4 Å². The number of rotatable bonds is 5. The van der Waals surface area contributed by atoms with Crippen LogP contribution in [0.5, 0.6) is 0 Å². The molecule has 3 heterocycles. The summed E-state index contributed by atoms with van der Waals surface area (Å²) in [5, 5.41) is 15.4. The highest BCUT2D eigenvalue weighted by molar-refractivity contribution is 6.38. The molecule has 0 spiro atoms. The Morgan fingerprint density at radius 2 is 1.38 bits per heavy atom. The Kier molecular flexibility index (Phi) is 5.00. The summed E-state index contributed by atoms with van der Waals surface area (Å²) >= 11 is 6.91. The van der Waals surface area contributed by atoms with Gasteiger partial charge in [-0.15, -0.1) is 10.2 Å². The SMILES string of the molecule is Clc1c(-c2ccccc2)nnc2c1c(-c1ccccc1)nn2CCN1CCCC1. The van der Waals surface area contributed by atoms with Gasteiger partial charge in [0.05, 0.1) is 17.0 Å². The number of likely N-dealkylation sites (tertiary alicyclic amines) is 1. The van der Waals surface area contributed by atoms with Crippen molar-refractivity contribution >= 4 is 22.6 Å². The number of benzene rings is 2. The lowest BCUT2D eigenvalue weighted by Gasteiger charge is -2.14. The fraction of sp³-hybridized carbons (Fsp3) is 0.261. The first-order chi connectivity index (χ1) is 14.3. The number of aromatic nitrogens is 4. The molecule has 5 rings (SSSR count). The first kappa shape index (κ1) is 18.3. The van der Waals surface area contributed by atoms with Crippen molar-refractivity contribution in [3.05, 3.63) is 65.7 Å². The maximum atomic E-state index is 6.91. The predicted octanol–water partition coefficient (Wildman–Crippen LogP) is 4.91. The molecule has 1 aliphatic heterocycles. The van der Waals surface area contributed by atoms with E-state index in [4.69, 9.17) is 16.7 Å². The highest BCUT2D eigenvalue weighted by Crippen LogP contribution is 2.37. The molecule has 0 amide bonds. The van der Waals surface area contributed by atoms with Gasteiger partial charge in [-0.2, -0.15) is 5.10 Å². The second kappa shape index (κ2) is 7.93. The van der Waals surface area contributed by atoms with Gasteiger partial charge in [-0.05, 0) is 25.9 Å². The molecule has 0 saturated carbocycles. The normalized spacial score (nSPS) is 14.7. The van der Waals surface area contributed by atoms with E-state index in [2.05, 4.69) is 27.2 Å². The number of nitrogens with zero attached hydrogens (tertiary/aromatic N) is 5. The summed E-state index contributed by atoms with van der Waals surface area (Å²) in [6.07, 6.45) is 2.56. The molecule has 29 heavy (non-hydrogen) atoms. The highest BCUT2D eigenvalue weighted by Gasteiger charge is 2.21. The van der Waals surface area contributed by atoms with E-state index in [1.807, 2.05) is 53.2 Å². The van der Waals surface area contributed by atoms with Gasteiger partial charge in [0.25, 0.3) is 0 Å². The zero-order chi connectivity index (χ0) is 19.6. The van der Waals surface area contributed by atoms with Crippen LogP contribution in [0.15, 0.2) is 60.7 Å². The van der Waals surface area contributed by atoms with Crippen molar-refractivity contribution in [3.63, 3.8) is 0 Å². The van der Waals surface area contributed by atoms with Crippen molar-refractivity contribution < 1.29 is 0 Å². The first-order valence-corrected chi connectivity index (χ1v) is 10.4. The molecule has 146 valence electrons. The molecule has 1 fully saturated rings. The summed E-state index contributed by atoms with van der Waals surface area (Å²) in [5.41, 5.74) is 4.28. The summed E-state index contributed by atoms with van der Waals surface area (Å²) < 4.78 is 1.96. The molecule has 2 aromatic heterocycles. The van der Waals surface area contributed by atoms with Crippen LogP contribution in [0.4, 0.5) is 0 Å². The van der Waals surface area contributed by atoms with Gasteiger partial charge < -0.3 is 4.90 Å². The number of hydrogen-bond acceptors (Lipinski definition) is 4. The zero-order valence-corrected chi connectivity index (χ0v) is 16.9. The van der Waals surface area contributed by atoms with E-state index in [1.54, 1.807) is 0 Å². The Labute approximate surface area is 174 Å². The monoisotopic (exact) mass is 403 g/mol. The Balaban J connectivity index is 1.64. The molecule has 0 radical (unpaired) electrons. The van der Waals surface area contributed by atoms with Crippen LogP contribution in [0, 0.1) is 0 Å². The lowest BCUT2D eigenvalue weighted by atomic mass is 10.1. The summed E-state index contributed by atoms with van der Waals surface area (Å²) in [6, 6.07) is 20.1. The van der Waals surface area contributed by atoms with Crippen LogP contribution in [0.25, 0.3) is 33.5 Å². The molecule has 6 heteroatoms. The molecule has 2 aromatic carbocycles. The molecular formula is C23H22ClN5. The molecule has 0 aliphatic carbocycles. The van der Waals surface area contributed by atoms with Crippen molar-refractivity contribution in [2.24, 2.45) is 0 Å². The van der Waals surface area contributed by atoms with Crippen molar-refractivity contribution in [2.75, 3.05) is 19.6 Å². The molecule has 0 bridgehead atoms. The van der Waals surface area contributed by atoms with E-state index < -0.39 is 0 Å². The van der Waals surface area contributed by atoms with E-state index in [-0.39, 0.29) is 0 Å². The third kappa shape index (κ3) is 3.52. The minimum Gasteiger partial charge on any atom is -0.301 e. The zero-order valence-electron chi connectivity index (χ0n) is 16.1. The van der Waals surface area contributed by atoms with Gasteiger partial charge in [0, 0.05) is 17.7 Å². The summed E-state index contributed by atoms with van der Waals surface area (Å²) in [5.74, 6) is 0. The lowest BCUT2D eigenvalue weighted by Crippen LogP contribution is -2.24. The quantitative estimate of drug-likeness (QED) is 0.475. The molecular weight excluding hydrogens is 382 g/mol. The van der Waals surface area contributed by atoms with Crippen molar-refractivity contribution in [1.29, 1.82) is 0 Å². The van der Waals surface area contributed by atoms with Crippen LogP contribution >= 0.6 is 11.6 Å².